The molecule has 1 aliphatic carbocycles. The summed E-state index contributed by atoms with van der Waals surface area (Å²) < 4.78 is 10.9. The van der Waals surface area contributed by atoms with Crippen molar-refractivity contribution in [2.24, 2.45) is 5.92 Å². The molecule has 3 heteroatoms. The van der Waals surface area contributed by atoms with Crippen LogP contribution in [0.5, 0.6) is 11.5 Å². The zero-order valence-corrected chi connectivity index (χ0v) is 10.8. The average molecular weight is 235 g/mol. The predicted molar refractivity (Wildman–Crippen MR) is 68.7 cm³/mol. The van der Waals surface area contributed by atoms with Crippen LogP contribution in [0.15, 0.2) is 18.2 Å². The van der Waals surface area contributed by atoms with Crippen LogP contribution in [0.25, 0.3) is 0 Å². The molecule has 1 fully saturated rings. The van der Waals surface area contributed by atoms with Gasteiger partial charge in [0.1, 0.15) is 0 Å². The third-order valence-electron chi connectivity index (χ3n) is 3.29. The van der Waals surface area contributed by atoms with E-state index in [1.54, 1.807) is 14.2 Å². The highest BCUT2D eigenvalue weighted by Gasteiger charge is 2.33. The monoisotopic (exact) mass is 235 g/mol. The number of hydrogen-bond acceptors (Lipinski definition) is 3. The molecule has 17 heavy (non-hydrogen) atoms. The average Bonchev–Trinajstić information content (AvgIpc) is 3.19. The van der Waals surface area contributed by atoms with Gasteiger partial charge in [0.25, 0.3) is 0 Å². The number of methoxy groups -OCH3 is 2. The molecule has 1 aromatic rings. The molecule has 1 aliphatic rings. The van der Waals surface area contributed by atoms with E-state index in [9.17, 15) is 0 Å². The second kappa shape index (κ2) is 5.41. The quantitative estimate of drug-likeness (QED) is 0.822. The molecule has 0 amide bonds. The molecule has 2 rings (SSSR count). The first-order valence-electron chi connectivity index (χ1n) is 6.26. The molecule has 1 N–H and O–H groups in total. The Kier molecular flexibility index (Phi) is 3.89. The Bertz CT molecular complexity index is 374. The van der Waals surface area contributed by atoms with Crippen LogP contribution in [0.4, 0.5) is 0 Å². The highest BCUT2D eigenvalue weighted by atomic mass is 16.5. The number of benzene rings is 1. The Morgan fingerprint density at radius 2 is 2.06 bits per heavy atom. The van der Waals surface area contributed by atoms with E-state index in [1.807, 2.05) is 12.1 Å². The molecule has 0 aliphatic heterocycles. The maximum atomic E-state index is 5.51. The van der Waals surface area contributed by atoms with E-state index in [4.69, 9.17) is 9.47 Å². The molecule has 1 atom stereocenters. The summed E-state index contributed by atoms with van der Waals surface area (Å²) in [5, 5.41) is 3.55. The summed E-state index contributed by atoms with van der Waals surface area (Å²) in [5.74, 6) is 2.43. The fourth-order valence-corrected chi connectivity index (χ4v) is 2.34. The van der Waals surface area contributed by atoms with Gasteiger partial charge in [-0.2, -0.15) is 0 Å². The van der Waals surface area contributed by atoms with E-state index >= 15 is 0 Å². The van der Waals surface area contributed by atoms with Crippen LogP contribution < -0.4 is 14.8 Å². The van der Waals surface area contributed by atoms with Crippen molar-refractivity contribution in [3.63, 3.8) is 0 Å². The highest BCUT2D eigenvalue weighted by Crippen LogP contribution is 2.45. The third-order valence-corrected chi connectivity index (χ3v) is 3.29. The Morgan fingerprint density at radius 3 is 2.59 bits per heavy atom. The van der Waals surface area contributed by atoms with Gasteiger partial charge in [-0.05, 0) is 31.4 Å². The van der Waals surface area contributed by atoms with Gasteiger partial charge in [-0.15, -0.1) is 0 Å². The Balaban J connectivity index is 2.34. The first-order chi connectivity index (χ1) is 8.31. The number of hydrogen-bond donors (Lipinski definition) is 1. The minimum Gasteiger partial charge on any atom is -0.493 e. The van der Waals surface area contributed by atoms with Crippen LogP contribution in [0, 0.1) is 5.92 Å². The van der Waals surface area contributed by atoms with Crippen molar-refractivity contribution in [3.05, 3.63) is 23.8 Å². The zero-order valence-electron chi connectivity index (χ0n) is 10.8. The molecule has 0 saturated heterocycles. The minimum atomic E-state index is 0.394. The maximum Gasteiger partial charge on any atom is 0.165 e. The molecule has 94 valence electrons. The van der Waals surface area contributed by atoms with E-state index in [1.165, 1.54) is 18.4 Å². The smallest absolute Gasteiger partial charge is 0.165 e. The van der Waals surface area contributed by atoms with E-state index in [-0.39, 0.29) is 0 Å². The summed E-state index contributed by atoms with van der Waals surface area (Å²) in [5.41, 5.74) is 1.22. The standard InChI is InChI=1S/C14H21NO2/c1-4-15-13(10-8-9-10)11-6-5-7-12(16-2)14(11)17-3/h5-7,10,13,15H,4,8-9H2,1-3H3. The van der Waals surface area contributed by atoms with Crippen LogP contribution in [0.2, 0.25) is 0 Å². The van der Waals surface area contributed by atoms with Crippen molar-refractivity contribution < 1.29 is 9.47 Å². The molecule has 0 spiro atoms. The van der Waals surface area contributed by atoms with Gasteiger partial charge in [0, 0.05) is 11.6 Å². The van der Waals surface area contributed by atoms with Gasteiger partial charge in [0.15, 0.2) is 11.5 Å². The molecular weight excluding hydrogens is 214 g/mol. The SMILES string of the molecule is CCNC(c1cccc(OC)c1OC)C1CC1. The number of nitrogens with one attached hydrogen (secondary N) is 1. The van der Waals surface area contributed by atoms with Crippen LogP contribution in [0.1, 0.15) is 31.4 Å². The summed E-state index contributed by atoms with van der Waals surface area (Å²) in [6.45, 7) is 3.11. The summed E-state index contributed by atoms with van der Waals surface area (Å²) in [7, 11) is 3.39. The van der Waals surface area contributed by atoms with Crippen molar-refractivity contribution in [2.45, 2.75) is 25.8 Å². The first kappa shape index (κ1) is 12.2. The summed E-state index contributed by atoms with van der Waals surface area (Å²) in [4.78, 5) is 0. The lowest BCUT2D eigenvalue weighted by molar-refractivity contribution is 0.344. The Labute approximate surface area is 103 Å². The first-order valence-corrected chi connectivity index (χ1v) is 6.26. The lowest BCUT2D eigenvalue weighted by atomic mass is 10.0. The van der Waals surface area contributed by atoms with Crippen LogP contribution >= 0.6 is 0 Å². The Hall–Kier alpha value is -1.22. The van der Waals surface area contributed by atoms with Gasteiger partial charge in [0.05, 0.1) is 14.2 Å². The molecule has 1 unspecified atom stereocenters. The normalized spacial score (nSPS) is 16.6. The van der Waals surface area contributed by atoms with Gasteiger partial charge < -0.3 is 14.8 Å². The van der Waals surface area contributed by atoms with Crippen LogP contribution in [-0.4, -0.2) is 20.8 Å². The molecular formula is C14H21NO2. The second-order valence-electron chi connectivity index (χ2n) is 4.46. The topological polar surface area (TPSA) is 30.5 Å². The molecule has 1 aromatic carbocycles. The van der Waals surface area contributed by atoms with Crippen molar-refractivity contribution >= 4 is 0 Å². The summed E-state index contributed by atoms with van der Waals surface area (Å²) in [6, 6.07) is 6.50. The highest BCUT2D eigenvalue weighted by molar-refractivity contribution is 5.48. The molecule has 0 bridgehead atoms. The van der Waals surface area contributed by atoms with Gasteiger partial charge in [-0.1, -0.05) is 19.1 Å². The van der Waals surface area contributed by atoms with Gasteiger partial charge in [-0.25, -0.2) is 0 Å². The number of ether oxygens (including phenoxy) is 2. The van der Waals surface area contributed by atoms with Crippen molar-refractivity contribution in [2.75, 3.05) is 20.8 Å². The summed E-state index contributed by atoms with van der Waals surface area (Å²) in [6.07, 6.45) is 2.61. The fraction of sp³-hybridized carbons (Fsp3) is 0.571. The lowest BCUT2D eigenvalue weighted by Crippen LogP contribution is -2.23. The van der Waals surface area contributed by atoms with Crippen molar-refractivity contribution in [3.8, 4) is 11.5 Å². The van der Waals surface area contributed by atoms with Gasteiger partial charge >= 0.3 is 0 Å². The van der Waals surface area contributed by atoms with Gasteiger partial charge in [-0.3, -0.25) is 0 Å². The third kappa shape index (κ3) is 2.55. The van der Waals surface area contributed by atoms with Crippen LogP contribution in [-0.2, 0) is 0 Å². The van der Waals surface area contributed by atoms with Gasteiger partial charge in [0.2, 0.25) is 0 Å². The largest absolute Gasteiger partial charge is 0.493 e. The minimum absolute atomic E-state index is 0.394. The lowest BCUT2D eigenvalue weighted by Gasteiger charge is -2.21. The van der Waals surface area contributed by atoms with E-state index in [2.05, 4.69) is 18.3 Å². The van der Waals surface area contributed by atoms with E-state index in [0.29, 0.717) is 6.04 Å². The summed E-state index contributed by atoms with van der Waals surface area (Å²) >= 11 is 0. The molecule has 0 radical (unpaired) electrons. The number of rotatable bonds is 6. The molecule has 0 aromatic heterocycles. The maximum absolute atomic E-state index is 5.51. The van der Waals surface area contributed by atoms with E-state index in [0.717, 1.165) is 24.0 Å². The Morgan fingerprint density at radius 1 is 1.29 bits per heavy atom. The predicted octanol–water partition coefficient (Wildman–Crippen LogP) is 2.76. The molecule has 3 nitrogen and oxygen atoms in total. The second-order valence-corrected chi connectivity index (χ2v) is 4.46. The van der Waals surface area contributed by atoms with Crippen molar-refractivity contribution in [1.29, 1.82) is 0 Å². The fourth-order valence-electron chi connectivity index (χ4n) is 2.34. The zero-order chi connectivity index (χ0) is 12.3. The molecule has 0 heterocycles. The van der Waals surface area contributed by atoms with Crippen LogP contribution in [0.3, 0.4) is 0 Å². The van der Waals surface area contributed by atoms with Crippen molar-refractivity contribution in [1.82, 2.24) is 5.32 Å². The number of para-hydroxylation sites is 1. The van der Waals surface area contributed by atoms with E-state index < -0.39 is 0 Å². The molecule has 1 saturated carbocycles.